The number of aldehydes is 1. The van der Waals surface area contributed by atoms with Gasteiger partial charge in [-0.05, 0) is 50.7 Å². The molecular formula is C16H33NO2Si. The zero-order valence-electron chi connectivity index (χ0n) is 14.0. The van der Waals surface area contributed by atoms with Gasteiger partial charge < -0.3 is 14.5 Å². The van der Waals surface area contributed by atoms with Crippen LogP contribution < -0.4 is 5.32 Å². The fourth-order valence-corrected chi connectivity index (χ4v) is 6.37. The SMILES string of the molecule is CC[Si](CC)(CC)O[C@@H](CCC=O)[C@@H]1CNC(C)(C)C1. The van der Waals surface area contributed by atoms with Crippen LogP contribution in [0.25, 0.3) is 0 Å². The zero-order valence-corrected chi connectivity index (χ0v) is 15.0. The van der Waals surface area contributed by atoms with Gasteiger partial charge in [-0.1, -0.05) is 20.8 Å². The molecule has 0 saturated carbocycles. The normalized spacial score (nSPS) is 23.8. The average Bonchev–Trinajstić information content (AvgIpc) is 2.80. The molecule has 0 spiro atoms. The van der Waals surface area contributed by atoms with E-state index in [-0.39, 0.29) is 11.6 Å². The summed E-state index contributed by atoms with van der Waals surface area (Å²) in [5, 5.41) is 3.59. The number of carbonyl (C=O) groups excluding carboxylic acids is 1. The van der Waals surface area contributed by atoms with E-state index in [2.05, 4.69) is 39.9 Å². The van der Waals surface area contributed by atoms with Crippen molar-refractivity contribution in [1.29, 1.82) is 0 Å². The Hall–Kier alpha value is -0.193. The number of nitrogens with one attached hydrogen (secondary N) is 1. The summed E-state index contributed by atoms with van der Waals surface area (Å²) in [6.07, 6.45) is 3.97. The molecular weight excluding hydrogens is 266 g/mol. The average molecular weight is 300 g/mol. The van der Waals surface area contributed by atoms with Gasteiger partial charge in [0, 0.05) is 24.6 Å². The van der Waals surface area contributed by atoms with Crippen molar-refractivity contribution in [2.75, 3.05) is 6.54 Å². The van der Waals surface area contributed by atoms with Gasteiger partial charge in [0.05, 0.1) is 0 Å². The second-order valence-electron chi connectivity index (χ2n) is 6.87. The lowest BCUT2D eigenvalue weighted by Crippen LogP contribution is -2.43. The maximum Gasteiger partial charge on any atom is 0.192 e. The van der Waals surface area contributed by atoms with Crippen molar-refractivity contribution >= 4 is 14.6 Å². The predicted molar refractivity (Wildman–Crippen MR) is 87.6 cm³/mol. The van der Waals surface area contributed by atoms with Gasteiger partial charge in [-0.2, -0.15) is 0 Å². The van der Waals surface area contributed by atoms with Crippen LogP contribution >= 0.6 is 0 Å². The largest absolute Gasteiger partial charge is 0.414 e. The molecule has 3 nitrogen and oxygen atoms in total. The van der Waals surface area contributed by atoms with E-state index in [9.17, 15) is 4.79 Å². The van der Waals surface area contributed by atoms with Crippen LogP contribution in [-0.2, 0) is 9.22 Å². The van der Waals surface area contributed by atoms with E-state index in [1.807, 2.05) is 0 Å². The highest BCUT2D eigenvalue weighted by atomic mass is 28.4. The molecule has 1 aliphatic rings. The lowest BCUT2D eigenvalue weighted by molar-refractivity contribution is -0.108. The summed E-state index contributed by atoms with van der Waals surface area (Å²) in [6.45, 7) is 12.4. The number of carbonyl (C=O) groups is 1. The molecule has 1 fully saturated rings. The second kappa shape index (κ2) is 7.71. The molecule has 0 aromatic heterocycles. The van der Waals surface area contributed by atoms with Crippen molar-refractivity contribution in [1.82, 2.24) is 5.32 Å². The molecule has 0 unspecified atom stereocenters. The summed E-state index contributed by atoms with van der Waals surface area (Å²) in [7, 11) is -1.59. The standard InChI is InChI=1S/C16H33NO2Si/c1-6-20(7-2,8-3)19-15(10-9-11-18)14-12-16(4,5)17-13-14/h11,14-15,17H,6-10,12-13H2,1-5H3/t14-,15-/m0/s1. The van der Waals surface area contributed by atoms with E-state index in [1.165, 1.54) is 18.1 Å². The smallest absolute Gasteiger partial charge is 0.192 e. The summed E-state index contributed by atoms with van der Waals surface area (Å²) in [5.41, 5.74) is 0.211. The Morgan fingerprint density at radius 3 is 2.30 bits per heavy atom. The Morgan fingerprint density at radius 1 is 1.30 bits per heavy atom. The minimum absolute atomic E-state index is 0.211. The fourth-order valence-electron chi connectivity index (χ4n) is 3.41. The third kappa shape index (κ3) is 4.67. The van der Waals surface area contributed by atoms with Crippen molar-refractivity contribution in [2.24, 2.45) is 5.92 Å². The molecule has 1 N–H and O–H groups in total. The van der Waals surface area contributed by atoms with E-state index < -0.39 is 8.32 Å². The molecule has 1 heterocycles. The van der Waals surface area contributed by atoms with Gasteiger partial charge in [-0.3, -0.25) is 0 Å². The van der Waals surface area contributed by atoms with E-state index in [0.717, 1.165) is 25.7 Å². The topological polar surface area (TPSA) is 38.3 Å². The Morgan fingerprint density at radius 2 is 1.90 bits per heavy atom. The highest BCUT2D eigenvalue weighted by Gasteiger charge is 2.39. The summed E-state index contributed by atoms with van der Waals surface area (Å²) in [5.74, 6) is 0.557. The van der Waals surface area contributed by atoms with Crippen LogP contribution in [0, 0.1) is 5.92 Å². The first-order chi connectivity index (χ1) is 9.42. The lowest BCUT2D eigenvalue weighted by Gasteiger charge is -2.36. The van der Waals surface area contributed by atoms with E-state index >= 15 is 0 Å². The molecule has 0 bridgehead atoms. The van der Waals surface area contributed by atoms with Crippen LogP contribution in [0.2, 0.25) is 18.1 Å². The lowest BCUT2D eigenvalue weighted by atomic mass is 9.91. The molecule has 4 heteroatoms. The molecule has 20 heavy (non-hydrogen) atoms. The van der Waals surface area contributed by atoms with E-state index in [4.69, 9.17) is 4.43 Å². The summed E-state index contributed by atoms with van der Waals surface area (Å²) < 4.78 is 6.71. The maximum atomic E-state index is 10.8. The first-order valence-corrected chi connectivity index (χ1v) is 10.8. The first-order valence-electron chi connectivity index (χ1n) is 8.28. The van der Waals surface area contributed by atoms with Gasteiger partial charge >= 0.3 is 0 Å². The van der Waals surface area contributed by atoms with Gasteiger partial charge in [0.1, 0.15) is 6.29 Å². The summed E-state index contributed by atoms with van der Waals surface area (Å²) in [6, 6.07) is 3.55. The Balaban J connectivity index is 2.76. The molecule has 2 atom stereocenters. The van der Waals surface area contributed by atoms with Gasteiger partial charge in [-0.25, -0.2) is 0 Å². The van der Waals surface area contributed by atoms with Crippen molar-refractivity contribution < 1.29 is 9.22 Å². The summed E-state index contributed by atoms with van der Waals surface area (Å²) in [4.78, 5) is 10.8. The van der Waals surface area contributed by atoms with Crippen LogP contribution in [0.5, 0.6) is 0 Å². The van der Waals surface area contributed by atoms with E-state index in [0.29, 0.717) is 12.3 Å². The highest BCUT2D eigenvalue weighted by molar-refractivity contribution is 6.73. The van der Waals surface area contributed by atoms with Crippen molar-refractivity contribution in [3.63, 3.8) is 0 Å². The van der Waals surface area contributed by atoms with Crippen molar-refractivity contribution in [3.05, 3.63) is 0 Å². The van der Waals surface area contributed by atoms with Crippen LogP contribution in [0.15, 0.2) is 0 Å². The molecule has 0 aromatic carbocycles. The van der Waals surface area contributed by atoms with E-state index in [1.54, 1.807) is 0 Å². The number of rotatable bonds is 9. The molecule has 0 radical (unpaired) electrons. The molecule has 1 saturated heterocycles. The first kappa shape index (κ1) is 17.9. The number of hydrogen-bond acceptors (Lipinski definition) is 3. The van der Waals surface area contributed by atoms with Gasteiger partial charge in [-0.15, -0.1) is 0 Å². The minimum Gasteiger partial charge on any atom is -0.414 e. The summed E-state index contributed by atoms with van der Waals surface area (Å²) >= 11 is 0. The van der Waals surface area contributed by atoms with Gasteiger partial charge in [0.15, 0.2) is 8.32 Å². The molecule has 0 amide bonds. The number of hydrogen-bond donors (Lipinski definition) is 1. The molecule has 1 aliphatic heterocycles. The molecule has 1 rings (SSSR count). The van der Waals surface area contributed by atoms with Crippen molar-refractivity contribution in [3.8, 4) is 0 Å². The molecule has 0 aliphatic carbocycles. The minimum atomic E-state index is -1.59. The van der Waals surface area contributed by atoms with Crippen LogP contribution in [0.4, 0.5) is 0 Å². The quantitative estimate of drug-likeness (QED) is 0.520. The highest BCUT2D eigenvalue weighted by Crippen LogP contribution is 2.33. The fraction of sp³-hybridized carbons (Fsp3) is 0.938. The Bertz CT molecular complexity index is 295. The Kier molecular flexibility index (Phi) is 6.89. The predicted octanol–water partition coefficient (Wildman–Crippen LogP) is 3.74. The van der Waals surface area contributed by atoms with Crippen LogP contribution in [0.3, 0.4) is 0 Å². The maximum absolute atomic E-state index is 10.8. The third-order valence-corrected chi connectivity index (χ3v) is 9.71. The second-order valence-corrected chi connectivity index (χ2v) is 11.6. The monoisotopic (exact) mass is 299 g/mol. The molecule has 118 valence electrons. The van der Waals surface area contributed by atoms with Gasteiger partial charge in [0.2, 0.25) is 0 Å². The van der Waals surface area contributed by atoms with Gasteiger partial charge in [0.25, 0.3) is 0 Å². The Labute approximate surface area is 126 Å². The molecule has 0 aromatic rings. The third-order valence-electron chi connectivity index (χ3n) is 5.04. The zero-order chi connectivity index (χ0) is 15.2. The van der Waals surface area contributed by atoms with Crippen LogP contribution in [-0.4, -0.2) is 32.8 Å². The van der Waals surface area contributed by atoms with Crippen molar-refractivity contribution in [2.45, 2.75) is 83.7 Å². The van der Waals surface area contributed by atoms with Crippen LogP contribution in [0.1, 0.15) is 53.9 Å².